The molecule has 7 nitrogen and oxygen atoms in total. The first-order valence-electron chi connectivity index (χ1n) is 9.74. The molecule has 142 valence electrons. The van der Waals surface area contributed by atoms with Crippen molar-refractivity contribution >= 4 is 0 Å². The van der Waals surface area contributed by atoms with Crippen LogP contribution >= 0.6 is 0 Å². The summed E-state index contributed by atoms with van der Waals surface area (Å²) in [6.07, 6.45) is 7.21. The van der Waals surface area contributed by atoms with Crippen molar-refractivity contribution in [3.05, 3.63) is 29.2 Å². The highest BCUT2D eigenvalue weighted by Crippen LogP contribution is 2.51. The van der Waals surface area contributed by atoms with Gasteiger partial charge in [-0.3, -0.25) is 9.58 Å². The van der Waals surface area contributed by atoms with Gasteiger partial charge in [0.25, 0.3) is 5.89 Å². The number of piperidine rings is 1. The monoisotopic (exact) mass is 359 g/mol. The zero-order valence-electron chi connectivity index (χ0n) is 16.1. The molecule has 4 rings (SSSR count). The average Bonchev–Trinajstić information content (AvgIpc) is 3.21. The van der Waals surface area contributed by atoms with E-state index in [-0.39, 0.29) is 0 Å². The Morgan fingerprint density at radius 2 is 2.08 bits per heavy atom. The molecule has 1 saturated carbocycles. The Balaban J connectivity index is 1.29. The molecule has 2 aromatic heterocycles. The smallest absolute Gasteiger partial charge is 0.252 e. The zero-order chi connectivity index (χ0) is 18.1. The van der Waals surface area contributed by atoms with Crippen LogP contribution < -0.4 is 0 Å². The Morgan fingerprint density at radius 3 is 2.65 bits per heavy atom. The third-order valence-electron chi connectivity index (χ3n) is 6.32. The zero-order valence-corrected chi connectivity index (χ0v) is 16.1. The summed E-state index contributed by atoms with van der Waals surface area (Å²) in [6.45, 7) is 10.8. The first kappa shape index (κ1) is 17.7. The van der Waals surface area contributed by atoms with Crippen molar-refractivity contribution in [2.45, 2.75) is 72.3 Å². The molecule has 0 radical (unpaired) electrons. The molecule has 2 fully saturated rings. The summed E-state index contributed by atoms with van der Waals surface area (Å²) in [6, 6.07) is 0. The lowest BCUT2D eigenvalue weighted by Crippen LogP contribution is -2.53. The van der Waals surface area contributed by atoms with Crippen LogP contribution in [-0.4, -0.2) is 44.0 Å². The normalized spacial score (nSPS) is 22.7. The molecule has 2 aromatic rings. The second-order valence-electron chi connectivity index (χ2n) is 7.78. The lowest BCUT2D eigenvalue weighted by atomic mass is 9.60. The number of nitrogens with zero attached hydrogens (tertiary/aromatic N) is 5. The van der Waals surface area contributed by atoms with Crippen LogP contribution in [0.2, 0.25) is 0 Å². The average molecular weight is 359 g/mol. The predicted octanol–water partition coefficient (Wildman–Crippen LogP) is 2.86. The molecule has 26 heavy (non-hydrogen) atoms. The van der Waals surface area contributed by atoms with Crippen molar-refractivity contribution in [3.63, 3.8) is 0 Å². The molecular weight excluding hydrogens is 330 g/mol. The molecule has 0 amide bonds. The molecule has 3 heterocycles. The molecule has 1 saturated heterocycles. The maximum absolute atomic E-state index is 6.13. The Morgan fingerprint density at radius 1 is 1.27 bits per heavy atom. The minimum Gasteiger partial charge on any atom is -0.368 e. The van der Waals surface area contributed by atoms with Crippen molar-refractivity contribution in [2.75, 3.05) is 13.1 Å². The molecule has 1 atom stereocenters. The lowest BCUT2D eigenvalue weighted by Gasteiger charge is -2.53. The van der Waals surface area contributed by atoms with Gasteiger partial charge >= 0.3 is 0 Å². The molecule has 1 spiro atoms. The Bertz CT molecular complexity index is 745. The van der Waals surface area contributed by atoms with Crippen molar-refractivity contribution in [3.8, 4) is 0 Å². The first-order chi connectivity index (χ1) is 12.6. The van der Waals surface area contributed by atoms with Crippen molar-refractivity contribution in [2.24, 2.45) is 5.41 Å². The van der Waals surface area contributed by atoms with E-state index in [2.05, 4.69) is 38.7 Å². The van der Waals surface area contributed by atoms with E-state index < -0.39 is 0 Å². The van der Waals surface area contributed by atoms with E-state index in [4.69, 9.17) is 9.26 Å². The highest BCUT2D eigenvalue weighted by molar-refractivity contribution is 5.16. The summed E-state index contributed by atoms with van der Waals surface area (Å²) in [5, 5.41) is 8.30. The van der Waals surface area contributed by atoms with Crippen LogP contribution in [0.3, 0.4) is 0 Å². The quantitative estimate of drug-likeness (QED) is 0.790. The van der Waals surface area contributed by atoms with Crippen LogP contribution in [0.15, 0.2) is 10.7 Å². The van der Waals surface area contributed by atoms with Gasteiger partial charge in [0, 0.05) is 24.3 Å². The van der Waals surface area contributed by atoms with E-state index in [1.165, 1.54) is 30.5 Å². The largest absolute Gasteiger partial charge is 0.368 e. The third-order valence-corrected chi connectivity index (χ3v) is 6.32. The molecule has 1 aliphatic carbocycles. The van der Waals surface area contributed by atoms with Gasteiger partial charge in [0.15, 0.2) is 5.82 Å². The molecule has 1 aliphatic heterocycles. The fraction of sp³-hybridized carbons (Fsp3) is 0.737. The van der Waals surface area contributed by atoms with E-state index in [0.717, 1.165) is 32.6 Å². The highest BCUT2D eigenvalue weighted by Gasteiger charge is 2.49. The second-order valence-corrected chi connectivity index (χ2v) is 7.78. The summed E-state index contributed by atoms with van der Waals surface area (Å²) >= 11 is 0. The summed E-state index contributed by atoms with van der Waals surface area (Å²) in [5.41, 5.74) is 3.01. The SMILES string of the molecule is CCn1ncc(CN2CCC3(CC[C@@H]3OCc3nc(C)no3)CC2)c1C. The van der Waals surface area contributed by atoms with Crippen LogP contribution in [-0.2, 0) is 24.4 Å². The van der Waals surface area contributed by atoms with Gasteiger partial charge in [0.05, 0.1) is 12.3 Å². The Hall–Kier alpha value is -1.73. The molecule has 2 aliphatic rings. The standard InChI is InChI=1S/C19H29N5O2/c1-4-24-14(2)16(11-20-24)12-23-9-7-19(8-10-23)6-5-17(19)25-13-18-21-15(3)22-26-18/h11,17H,4-10,12-13H2,1-3H3/t17-/m0/s1. The molecule has 0 bridgehead atoms. The van der Waals surface area contributed by atoms with E-state index in [1.54, 1.807) is 0 Å². The van der Waals surface area contributed by atoms with Crippen LogP contribution in [0.25, 0.3) is 0 Å². The van der Waals surface area contributed by atoms with Crippen molar-refractivity contribution in [1.29, 1.82) is 0 Å². The van der Waals surface area contributed by atoms with Gasteiger partial charge in [0.1, 0.15) is 6.61 Å². The molecular formula is C19H29N5O2. The molecule has 0 aromatic carbocycles. The van der Waals surface area contributed by atoms with Gasteiger partial charge in [-0.25, -0.2) is 0 Å². The van der Waals surface area contributed by atoms with Gasteiger partial charge in [-0.1, -0.05) is 5.16 Å². The molecule has 7 heteroatoms. The van der Waals surface area contributed by atoms with Gasteiger partial charge in [0.2, 0.25) is 0 Å². The van der Waals surface area contributed by atoms with Crippen molar-refractivity contribution < 1.29 is 9.26 Å². The maximum Gasteiger partial charge on any atom is 0.252 e. The lowest BCUT2D eigenvalue weighted by molar-refractivity contribution is -0.147. The number of aromatic nitrogens is 4. The highest BCUT2D eigenvalue weighted by atomic mass is 16.5. The number of likely N-dealkylation sites (tertiary alicyclic amines) is 1. The summed E-state index contributed by atoms with van der Waals surface area (Å²) < 4.78 is 13.4. The van der Waals surface area contributed by atoms with Crippen LogP contribution in [0, 0.1) is 19.3 Å². The number of hydrogen-bond donors (Lipinski definition) is 0. The van der Waals surface area contributed by atoms with Gasteiger partial charge in [-0.2, -0.15) is 10.1 Å². The van der Waals surface area contributed by atoms with Crippen LogP contribution in [0.5, 0.6) is 0 Å². The van der Waals surface area contributed by atoms with Gasteiger partial charge in [-0.05, 0) is 65.0 Å². The van der Waals surface area contributed by atoms with Gasteiger partial charge < -0.3 is 9.26 Å². The number of aryl methyl sites for hydroxylation is 2. The molecule has 0 unspecified atom stereocenters. The first-order valence-corrected chi connectivity index (χ1v) is 9.74. The minimum absolute atomic E-state index is 0.335. The van der Waals surface area contributed by atoms with E-state index >= 15 is 0 Å². The number of ether oxygens (including phenoxy) is 1. The Kier molecular flexibility index (Phi) is 4.84. The minimum atomic E-state index is 0.335. The third kappa shape index (κ3) is 3.30. The maximum atomic E-state index is 6.13. The van der Waals surface area contributed by atoms with E-state index in [1.807, 2.05) is 13.1 Å². The summed E-state index contributed by atoms with van der Waals surface area (Å²) in [5.74, 6) is 1.26. The molecule has 0 N–H and O–H groups in total. The van der Waals surface area contributed by atoms with Crippen molar-refractivity contribution in [1.82, 2.24) is 24.8 Å². The fourth-order valence-electron chi connectivity index (χ4n) is 4.43. The fourth-order valence-corrected chi connectivity index (χ4v) is 4.43. The number of rotatable bonds is 6. The predicted molar refractivity (Wildman–Crippen MR) is 96.4 cm³/mol. The summed E-state index contributed by atoms with van der Waals surface area (Å²) in [7, 11) is 0. The van der Waals surface area contributed by atoms with Crippen LogP contribution in [0.1, 0.15) is 55.6 Å². The topological polar surface area (TPSA) is 69.2 Å². The van der Waals surface area contributed by atoms with E-state index in [9.17, 15) is 0 Å². The Labute approximate surface area is 154 Å². The van der Waals surface area contributed by atoms with Gasteiger partial charge in [-0.15, -0.1) is 0 Å². The summed E-state index contributed by atoms with van der Waals surface area (Å²) in [4.78, 5) is 6.79. The van der Waals surface area contributed by atoms with Crippen LogP contribution in [0.4, 0.5) is 0 Å². The van der Waals surface area contributed by atoms with E-state index in [0.29, 0.717) is 29.8 Å². The second kappa shape index (κ2) is 7.12. The number of hydrogen-bond acceptors (Lipinski definition) is 6.